The zero-order valence-electron chi connectivity index (χ0n) is 17.4. The maximum absolute atomic E-state index is 12.6. The number of ether oxygens (including phenoxy) is 2. The smallest absolute Gasteiger partial charge is 0.233 e. The average molecular weight is 444 g/mol. The molecule has 4 rings (SSSR count). The Bertz CT molecular complexity index is 1030. The van der Waals surface area contributed by atoms with Crippen LogP contribution in [0.4, 0.5) is 5.13 Å². The standard InChI is InChI=1S/C22H25N3O3S2/c1-15-4-6-16(7-5-15)29-14-19(26)24-10-12-25(13-11-24)22-23-20-18(30-22)9-8-17(27-2)21(20)28-3/h4-9H,10-14H2,1-3H3. The Balaban J connectivity index is 1.37. The van der Waals surface area contributed by atoms with Crippen molar-refractivity contribution >= 4 is 44.4 Å². The average Bonchev–Trinajstić information content (AvgIpc) is 3.22. The molecule has 0 saturated carbocycles. The van der Waals surface area contributed by atoms with Crippen molar-refractivity contribution in [2.24, 2.45) is 0 Å². The summed E-state index contributed by atoms with van der Waals surface area (Å²) in [5.74, 6) is 2.01. The van der Waals surface area contributed by atoms with Crippen LogP contribution in [0, 0.1) is 6.92 Å². The molecule has 158 valence electrons. The second-order valence-electron chi connectivity index (χ2n) is 7.11. The molecule has 1 aliphatic heterocycles. The highest BCUT2D eigenvalue weighted by Crippen LogP contribution is 2.40. The van der Waals surface area contributed by atoms with Crippen LogP contribution in [0.5, 0.6) is 11.5 Å². The van der Waals surface area contributed by atoms with Gasteiger partial charge in [0.15, 0.2) is 16.6 Å². The van der Waals surface area contributed by atoms with E-state index in [1.807, 2.05) is 17.0 Å². The molecule has 1 aliphatic rings. The zero-order valence-corrected chi connectivity index (χ0v) is 19.0. The number of aromatic nitrogens is 1. The van der Waals surface area contributed by atoms with Crippen molar-refractivity contribution in [2.75, 3.05) is 51.1 Å². The SMILES string of the molecule is COc1ccc2sc(N3CCN(C(=O)CSc4ccc(C)cc4)CC3)nc2c1OC. The Morgan fingerprint density at radius 1 is 1.07 bits per heavy atom. The summed E-state index contributed by atoms with van der Waals surface area (Å²) in [4.78, 5) is 22.7. The molecule has 0 bridgehead atoms. The number of thiazole rings is 1. The fourth-order valence-corrected chi connectivity index (χ4v) is 5.27. The van der Waals surface area contributed by atoms with Gasteiger partial charge in [-0.3, -0.25) is 4.79 Å². The van der Waals surface area contributed by atoms with Gasteiger partial charge in [0, 0.05) is 31.1 Å². The van der Waals surface area contributed by atoms with Crippen LogP contribution in [0.25, 0.3) is 10.2 Å². The van der Waals surface area contributed by atoms with Gasteiger partial charge in [0.1, 0.15) is 5.52 Å². The van der Waals surface area contributed by atoms with Crippen LogP contribution in [0.2, 0.25) is 0 Å². The number of rotatable bonds is 6. The van der Waals surface area contributed by atoms with Crippen LogP contribution in [-0.2, 0) is 4.79 Å². The number of benzene rings is 2. The molecule has 0 atom stereocenters. The Morgan fingerprint density at radius 3 is 2.47 bits per heavy atom. The number of thioether (sulfide) groups is 1. The van der Waals surface area contributed by atoms with E-state index in [-0.39, 0.29) is 5.91 Å². The molecule has 0 unspecified atom stereocenters. The van der Waals surface area contributed by atoms with E-state index < -0.39 is 0 Å². The second-order valence-corrected chi connectivity index (χ2v) is 9.17. The van der Waals surface area contributed by atoms with Crippen LogP contribution in [-0.4, -0.2) is 61.9 Å². The van der Waals surface area contributed by atoms with Gasteiger partial charge in [-0.15, -0.1) is 11.8 Å². The molecule has 6 nitrogen and oxygen atoms in total. The number of hydrogen-bond donors (Lipinski definition) is 0. The summed E-state index contributed by atoms with van der Waals surface area (Å²) in [6.45, 7) is 5.05. The van der Waals surface area contributed by atoms with Crippen molar-refractivity contribution in [1.82, 2.24) is 9.88 Å². The minimum Gasteiger partial charge on any atom is -0.493 e. The highest BCUT2D eigenvalue weighted by molar-refractivity contribution is 8.00. The number of anilines is 1. The third-order valence-corrected chi connectivity index (χ3v) is 7.26. The first kappa shape index (κ1) is 20.8. The maximum Gasteiger partial charge on any atom is 0.233 e. The lowest BCUT2D eigenvalue weighted by Crippen LogP contribution is -2.49. The lowest BCUT2D eigenvalue weighted by Gasteiger charge is -2.34. The first-order valence-corrected chi connectivity index (χ1v) is 11.6. The number of aryl methyl sites for hydroxylation is 1. The largest absolute Gasteiger partial charge is 0.493 e. The third-order valence-electron chi connectivity index (χ3n) is 5.18. The topological polar surface area (TPSA) is 54.9 Å². The first-order valence-electron chi connectivity index (χ1n) is 9.82. The zero-order chi connectivity index (χ0) is 21.1. The summed E-state index contributed by atoms with van der Waals surface area (Å²) in [5.41, 5.74) is 2.05. The monoisotopic (exact) mass is 443 g/mol. The summed E-state index contributed by atoms with van der Waals surface area (Å²) in [7, 11) is 3.26. The van der Waals surface area contributed by atoms with Gasteiger partial charge in [0.2, 0.25) is 5.91 Å². The summed E-state index contributed by atoms with van der Waals surface area (Å²) < 4.78 is 12.0. The van der Waals surface area contributed by atoms with Gasteiger partial charge < -0.3 is 19.3 Å². The van der Waals surface area contributed by atoms with Crippen molar-refractivity contribution in [3.8, 4) is 11.5 Å². The summed E-state index contributed by atoms with van der Waals surface area (Å²) in [6.07, 6.45) is 0. The van der Waals surface area contributed by atoms with Crippen LogP contribution in [0.3, 0.4) is 0 Å². The van der Waals surface area contributed by atoms with Crippen molar-refractivity contribution in [3.63, 3.8) is 0 Å². The fourth-order valence-electron chi connectivity index (χ4n) is 3.45. The Hall–Kier alpha value is -2.45. The van der Waals surface area contributed by atoms with E-state index in [0.717, 1.165) is 33.3 Å². The van der Waals surface area contributed by atoms with Gasteiger partial charge in [-0.25, -0.2) is 4.98 Å². The van der Waals surface area contributed by atoms with Crippen LogP contribution >= 0.6 is 23.1 Å². The molecule has 30 heavy (non-hydrogen) atoms. The highest BCUT2D eigenvalue weighted by Gasteiger charge is 2.24. The molecule has 0 spiro atoms. The third kappa shape index (κ3) is 4.34. The number of piperazine rings is 1. The van der Waals surface area contributed by atoms with Crippen molar-refractivity contribution in [2.45, 2.75) is 11.8 Å². The predicted molar refractivity (Wildman–Crippen MR) is 123 cm³/mol. The Kier molecular flexibility index (Phi) is 6.34. The molecular weight excluding hydrogens is 418 g/mol. The molecule has 0 N–H and O–H groups in total. The molecule has 3 aromatic rings. The van der Waals surface area contributed by atoms with E-state index in [0.29, 0.717) is 30.3 Å². The molecule has 1 saturated heterocycles. The van der Waals surface area contributed by atoms with Gasteiger partial charge in [0.25, 0.3) is 0 Å². The quantitative estimate of drug-likeness (QED) is 0.536. The van der Waals surface area contributed by atoms with Crippen LogP contribution in [0.15, 0.2) is 41.3 Å². The fraction of sp³-hybridized carbons (Fsp3) is 0.364. The lowest BCUT2D eigenvalue weighted by atomic mass is 10.2. The van der Waals surface area contributed by atoms with Gasteiger partial charge in [0.05, 0.1) is 24.7 Å². The number of hydrogen-bond acceptors (Lipinski definition) is 7. The normalized spacial score (nSPS) is 14.2. The summed E-state index contributed by atoms with van der Waals surface area (Å²) in [6, 6.07) is 12.2. The van der Waals surface area contributed by atoms with Crippen molar-refractivity contribution in [3.05, 3.63) is 42.0 Å². The molecule has 2 heterocycles. The predicted octanol–water partition coefficient (Wildman–Crippen LogP) is 4.06. The second kappa shape index (κ2) is 9.14. The summed E-state index contributed by atoms with van der Waals surface area (Å²) >= 11 is 3.24. The van der Waals surface area contributed by atoms with E-state index in [1.54, 1.807) is 37.3 Å². The first-order chi connectivity index (χ1) is 14.6. The van der Waals surface area contributed by atoms with Gasteiger partial charge in [-0.05, 0) is 31.2 Å². The lowest BCUT2D eigenvalue weighted by molar-refractivity contribution is -0.128. The molecule has 0 aliphatic carbocycles. The van der Waals surface area contributed by atoms with Gasteiger partial charge in [-0.1, -0.05) is 29.0 Å². The van der Waals surface area contributed by atoms with E-state index in [4.69, 9.17) is 14.5 Å². The Labute approximate surface area is 184 Å². The van der Waals surface area contributed by atoms with Gasteiger partial charge >= 0.3 is 0 Å². The van der Waals surface area contributed by atoms with Crippen molar-refractivity contribution < 1.29 is 14.3 Å². The molecule has 0 radical (unpaired) electrons. The number of carbonyl (C=O) groups excluding carboxylic acids is 1. The number of amides is 1. The molecule has 1 fully saturated rings. The van der Waals surface area contributed by atoms with Gasteiger partial charge in [-0.2, -0.15) is 0 Å². The maximum atomic E-state index is 12.6. The summed E-state index contributed by atoms with van der Waals surface area (Å²) in [5, 5.41) is 0.956. The molecule has 1 amide bonds. The number of fused-ring (bicyclic) bond motifs is 1. The van der Waals surface area contributed by atoms with E-state index in [1.165, 1.54) is 5.56 Å². The van der Waals surface area contributed by atoms with E-state index >= 15 is 0 Å². The molecule has 8 heteroatoms. The molecular formula is C22H25N3O3S2. The van der Waals surface area contributed by atoms with E-state index in [2.05, 4.69) is 36.1 Å². The minimum absolute atomic E-state index is 0.191. The van der Waals surface area contributed by atoms with E-state index in [9.17, 15) is 4.79 Å². The highest BCUT2D eigenvalue weighted by atomic mass is 32.2. The number of methoxy groups -OCH3 is 2. The Morgan fingerprint density at radius 2 is 1.80 bits per heavy atom. The molecule has 2 aromatic carbocycles. The minimum atomic E-state index is 0.191. The number of carbonyl (C=O) groups is 1. The number of nitrogens with zero attached hydrogens (tertiary/aromatic N) is 3. The molecule has 1 aromatic heterocycles. The van der Waals surface area contributed by atoms with Crippen molar-refractivity contribution in [1.29, 1.82) is 0 Å². The van der Waals surface area contributed by atoms with Crippen LogP contribution in [0.1, 0.15) is 5.56 Å². The van der Waals surface area contributed by atoms with Crippen LogP contribution < -0.4 is 14.4 Å².